The summed E-state index contributed by atoms with van der Waals surface area (Å²) in [5.74, 6) is -1.10. The van der Waals surface area contributed by atoms with Gasteiger partial charge in [0.25, 0.3) is 5.91 Å². The van der Waals surface area contributed by atoms with E-state index in [1.807, 2.05) is 31.2 Å². The van der Waals surface area contributed by atoms with E-state index < -0.39 is 11.8 Å². The lowest BCUT2D eigenvalue weighted by Crippen LogP contribution is -2.11. The largest absolute Gasteiger partial charge is 0.366 e. The summed E-state index contributed by atoms with van der Waals surface area (Å²) in [5.41, 5.74) is 16.3. The number of carbonyl (C=O) groups is 3. The molecule has 0 fully saturated rings. The Hall–Kier alpha value is -4.13. The van der Waals surface area contributed by atoms with Crippen molar-refractivity contribution in [1.29, 1.82) is 0 Å². The first-order valence-corrected chi connectivity index (χ1v) is 8.90. The first-order valence-electron chi connectivity index (χ1n) is 8.90. The standard InChI is InChI=1S/C22H18N4O3/c1-11-13(3-2-4-17(11)25-10-27)14-7-8-16(22(24)29)20-19(14)15-6-5-12(21(23)28)9-18(15)26-20/h2-10,26H,1H3,(H2,23,28)(H2,24,29)(H,25,27). The van der Waals surface area contributed by atoms with Gasteiger partial charge in [-0.05, 0) is 47.9 Å². The number of anilines is 1. The molecule has 0 aliphatic heterocycles. The number of nitrogens with two attached hydrogens (primary N) is 2. The van der Waals surface area contributed by atoms with Gasteiger partial charge < -0.3 is 21.8 Å². The van der Waals surface area contributed by atoms with E-state index in [1.54, 1.807) is 24.3 Å². The summed E-state index contributed by atoms with van der Waals surface area (Å²) in [5, 5.41) is 4.33. The second kappa shape index (κ2) is 6.79. The predicted molar refractivity (Wildman–Crippen MR) is 113 cm³/mol. The van der Waals surface area contributed by atoms with Crippen LogP contribution in [0.2, 0.25) is 0 Å². The van der Waals surface area contributed by atoms with Crippen molar-refractivity contribution in [1.82, 2.24) is 4.98 Å². The molecule has 7 heteroatoms. The fourth-order valence-electron chi connectivity index (χ4n) is 3.74. The maximum Gasteiger partial charge on any atom is 0.250 e. The van der Waals surface area contributed by atoms with Crippen molar-refractivity contribution in [3.63, 3.8) is 0 Å². The SMILES string of the molecule is Cc1c(NC=O)cccc1-c1ccc(C(N)=O)c2[nH]c3cc(C(N)=O)ccc3c12. The molecule has 0 aliphatic carbocycles. The minimum absolute atomic E-state index is 0.348. The third-order valence-electron chi connectivity index (χ3n) is 5.14. The summed E-state index contributed by atoms with van der Waals surface area (Å²) in [6.07, 6.45) is 0.634. The van der Waals surface area contributed by atoms with Gasteiger partial charge in [0.1, 0.15) is 0 Å². The van der Waals surface area contributed by atoms with Crippen LogP contribution < -0.4 is 16.8 Å². The van der Waals surface area contributed by atoms with E-state index in [2.05, 4.69) is 10.3 Å². The summed E-state index contributed by atoms with van der Waals surface area (Å²) < 4.78 is 0. The van der Waals surface area contributed by atoms with Gasteiger partial charge in [-0.2, -0.15) is 0 Å². The van der Waals surface area contributed by atoms with Gasteiger partial charge in [0.15, 0.2) is 0 Å². The molecule has 4 aromatic rings. The Balaban J connectivity index is 2.11. The van der Waals surface area contributed by atoms with Crippen LogP contribution in [0.4, 0.5) is 5.69 Å². The summed E-state index contributed by atoms with van der Waals surface area (Å²) in [6, 6.07) is 14.2. The molecule has 3 aromatic carbocycles. The van der Waals surface area contributed by atoms with Crippen molar-refractivity contribution in [3.8, 4) is 11.1 Å². The average molecular weight is 386 g/mol. The number of hydrogen-bond donors (Lipinski definition) is 4. The maximum atomic E-state index is 12.0. The minimum atomic E-state index is -0.559. The van der Waals surface area contributed by atoms with Crippen molar-refractivity contribution in [2.45, 2.75) is 6.92 Å². The molecule has 1 aromatic heterocycles. The monoisotopic (exact) mass is 386 g/mol. The third kappa shape index (κ3) is 2.89. The van der Waals surface area contributed by atoms with Crippen LogP contribution in [0, 0.1) is 6.92 Å². The molecular formula is C22H18N4O3. The smallest absolute Gasteiger partial charge is 0.250 e. The van der Waals surface area contributed by atoms with Gasteiger partial charge in [-0.25, -0.2) is 0 Å². The van der Waals surface area contributed by atoms with Crippen LogP contribution in [-0.2, 0) is 4.79 Å². The molecular weight excluding hydrogens is 368 g/mol. The van der Waals surface area contributed by atoms with E-state index >= 15 is 0 Å². The van der Waals surface area contributed by atoms with E-state index in [0.29, 0.717) is 34.3 Å². The van der Waals surface area contributed by atoms with Gasteiger partial charge in [-0.15, -0.1) is 0 Å². The second-order valence-electron chi connectivity index (χ2n) is 6.76. The number of benzene rings is 3. The van der Waals surface area contributed by atoms with Crippen LogP contribution in [0.3, 0.4) is 0 Å². The Kier molecular flexibility index (Phi) is 4.27. The van der Waals surface area contributed by atoms with Crippen molar-refractivity contribution < 1.29 is 14.4 Å². The molecule has 6 N–H and O–H groups in total. The fraction of sp³-hybridized carbons (Fsp3) is 0.0455. The quantitative estimate of drug-likeness (QED) is 0.393. The van der Waals surface area contributed by atoms with Gasteiger partial charge in [0, 0.05) is 27.5 Å². The highest BCUT2D eigenvalue weighted by atomic mass is 16.1. The first-order chi connectivity index (χ1) is 13.9. The highest BCUT2D eigenvalue weighted by Crippen LogP contribution is 2.39. The molecule has 0 unspecified atom stereocenters. The third-order valence-corrected chi connectivity index (χ3v) is 5.14. The second-order valence-corrected chi connectivity index (χ2v) is 6.76. The van der Waals surface area contributed by atoms with Gasteiger partial charge in [0.05, 0.1) is 11.1 Å². The maximum absolute atomic E-state index is 12.0. The normalized spacial score (nSPS) is 10.9. The summed E-state index contributed by atoms with van der Waals surface area (Å²) >= 11 is 0. The van der Waals surface area contributed by atoms with Crippen LogP contribution in [0.5, 0.6) is 0 Å². The molecule has 0 saturated carbocycles. The predicted octanol–water partition coefficient (Wildman–Crippen LogP) is 3.06. The lowest BCUT2D eigenvalue weighted by Gasteiger charge is -2.13. The highest BCUT2D eigenvalue weighted by molar-refractivity contribution is 6.20. The molecule has 0 spiro atoms. The zero-order valence-corrected chi connectivity index (χ0v) is 15.6. The molecule has 0 atom stereocenters. The lowest BCUT2D eigenvalue weighted by molar-refractivity contribution is -0.105. The molecule has 1 heterocycles. The molecule has 0 radical (unpaired) electrons. The summed E-state index contributed by atoms with van der Waals surface area (Å²) in [4.78, 5) is 37.7. The zero-order valence-electron chi connectivity index (χ0n) is 15.6. The van der Waals surface area contributed by atoms with Crippen LogP contribution >= 0.6 is 0 Å². The van der Waals surface area contributed by atoms with Crippen molar-refractivity contribution in [3.05, 3.63) is 65.2 Å². The van der Waals surface area contributed by atoms with Crippen molar-refractivity contribution >= 4 is 45.7 Å². The molecule has 0 aliphatic rings. The van der Waals surface area contributed by atoms with Gasteiger partial charge >= 0.3 is 0 Å². The fourth-order valence-corrected chi connectivity index (χ4v) is 3.74. The number of carbonyl (C=O) groups excluding carboxylic acids is 3. The van der Waals surface area contributed by atoms with E-state index in [9.17, 15) is 14.4 Å². The van der Waals surface area contributed by atoms with E-state index in [-0.39, 0.29) is 0 Å². The van der Waals surface area contributed by atoms with E-state index in [1.165, 1.54) is 0 Å². The minimum Gasteiger partial charge on any atom is -0.366 e. The molecule has 29 heavy (non-hydrogen) atoms. The van der Waals surface area contributed by atoms with Crippen LogP contribution in [0.1, 0.15) is 26.3 Å². The topological polar surface area (TPSA) is 131 Å². The Morgan fingerprint density at radius 1 is 1.00 bits per heavy atom. The lowest BCUT2D eigenvalue weighted by atomic mass is 9.93. The summed E-state index contributed by atoms with van der Waals surface area (Å²) in [7, 11) is 0. The molecule has 144 valence electrons. The van der Waals surface area contributed by atoms with Crippen molar-refractivity contribution in [2.24, 2.45) is 11.5 Å². The molecule has 0 bridgehead atoms. The Morgan fingerprint density at radius 2 is 1.79 bits per heavy atom. The number of primary amides is 2. The molecule has 0 saturated heterocycles. The van der Waals surface area contributed by atoms with Crippen LogP contribution in [-0.4, -0.2) is 23.2 Å². The van der Waals surface area contributed by atoms with Crippen LogP contribution in [0.25, 0.3) is 32.9 Å². The number of fused-ring (bicyclic) bond motifs is 3. The number of aromatic amines is 1. The van der Waals surface area contributed by atoms with E-state index in [4.69, 9.17) is 11.5 Å². The van der Waals surface area contributed by atoms with Gasteiger partial charge in [0.2, 0.25) is 12.3 Å². The number of rotatable bonds is 5. The number of H-pyrrole nitrogens is 1. The van der Waals surface area contributed by atoms with Gasteiger partial charge in [-0.3, -0.25) is 14.4 Å². The Morgan fingerprint density at radius 3 is 2.48 bits per heavy atom. The van der Waals surface area contributed by atoms with Crippen molar-refractivity contribution in [2.75, 3.05) is 5.32 Å². The molecule has 7 nitrogen and oxygen atoms in total. The number of amides is 3. The van der Waals surface area contributed by atoms with E-state index in [0.717, 1.165) is 27.5 Å². The zero-order chi connectivity index (χ0) is 20.7. The van der Waals surface area contributed by atoms with Crippen LogP contribution in [0.15, 0.2) is 48.5 Å². The molecule has 4 rings (SSSR count). The van der Waals surface area contributed by atoms with Gasteiger partial charge in [-0.1, -0.05) is 24.3 Å². The summed E-state index contributed by atoms with van der Waals surface area (Å²) in [6.45, 7) is 1.91. The number of aromatic nitrogens is 1. The highest BCUT2D eigenvalue weighted by Gasteiger charge is 2.18. The Labute approximate surface area is 165 Å². The number of hydrogen-bond acceptors (Lipinski definition) is 3. The Bertz CT molecular complexity index is 1320. The first kappa shape index (κ1) is 18.2. The number of nitrogens with one attached hydrogen (secondary N) is 2. The average Bonchev–Trinajstić information content (AvgIpc) is 3.07. The molecule has 3 amide bonds.